The van der Waals surface area contributed by atoms with Gasteiger partial charge in [0.2, 0.25) is 0 Å². The van der Waals surface area contributed by atoms with E-state index in [1.807, 2.05) is 18.2 Å². The minimum absolute atomic E-state index is 0.461. The van der Waals surface area contributed by atoms with Crippen molar-refractivity contribution >= 4 is 0 Å². The molecule has 0 amide bonds. The molecule has 0 aliphatic carbocycles. The smallest absolute Gasteiger partial charge is 0.136 e. The van der Waals surface area contributed by atoms with Crippen molar-refractivity contribution in [1.82, 2.24) is 5.32 Å². The molecule has 0 heterocycles. The zero-order valence-corrected chi connectivity index (χ0v) is 10.9. The Morgan fingerprint density at radius 1 is 1.35 bits per heavy atom. The summed E-state index contributed by atoms with van der Waals surface area (Å²) in [6.07, 6.45) is 0. The Morgan fingerprint density at radius 2 is 2.06 bits per heavy atom. The molecule has 0 saturated heterocycles. The molecule has 1 N–H and O–H groups in total. The number of ether oxygens (including phenoxy) is 1. The van der Waals surface area contributed by atoms with Crippen LogP contribution in [0.25, 0.3) is 0 Å². The minimum atomic E-state index is 0.461. The van der Waals surface area contributed by atoms with Crippen LogP contribution in [0.3, 0.4) is 0 Å². The number of rotatable bonds is 5. The molecule has 0 fully saturated rings. The van der Waals surface area contributed by atoms with E-state index in [2.05, 4.69) is 32.2 Å². The standard InChI is InChI=1S/C14H20N2O/c1-10(2)11(3)16-9-12-5-6-14(17-4)13(7-12)8-15/h5-7,10-11,16H,9H2,1-4H3. The van der Waals surface area contributed by atoms with E-state index in [1.165, 1.54) is 0 Å². The summed E-state index contributed by atoms with van der Waals surface area (Å²) < 4.78 is 5.11. The molecular formula is C14H20N2O. The molecule has 3 nitrogen and oxygen atoms in total. The van der Waals surface area contributed by atoms with Gasteiger partial charge in [-0.1, -0.05) is 19.9 Å². The van der Waals surface area contributed by atoms with Gasteiger partial charge in [-0.15, -0.1) is 0 Å². The van der Waals surface area contributed by atoms with Gasteiger partial charge in [0.15, 0.2) is 0 Å². The number of nitrogens with zero attached hydrogens (tertiary/aromatic N) is 1. The molecule has 1 aromatic rings. The summed E-state index contributed by atoms with van der Waals surface area (Å²) in [6, 6.07) is 8.31. The monoisotopic (exact) mass is 232 g/mol. The normalized spacial score (nSPS) is 12.2. The topological polar surface area (TPSA) is 45.0 Å². The van der Waals surface area contributed by atoms with Crippen molar-refractivity contribution in [3.63, 3.8) is 0 Å². The number of benzene rings is 1. The van der Waals surface area contributed by atoms with Gasteiger partial charge in [0.05, 0.1) is 12.7 Å². The van der Waals surface area contributed by atoms with Gasteiger partial charge in [-0.3, -0.25) is 0 Å². The third-order valence-corrected chi connectivity index (χ3v) is 3.01. The summed E-state index contributed by atoms with van der Waals surface area (Å²) in [5.74, 6) is 1.23. The first-order valence-corrected chi connectivity index (χ1v) is 5.89. The molecule has 0 aliphatic heterocycles. The van der Waals surface area contributed by atoms with Crippen LogP contribution >= 0.6 is 0 Å². The highest BCUT2D eigenvalue weighted by molar-refractivity contribution is 5.45. The summed E-state index contributed by atoms with van der Waals surface area (Å²) >= 11 is 0. The Morgan fingerprint density at radius 3 is 2.59 bits per heavy atom. The van der Waals surface area contributed by atoms with Gasteiger partial charge in [0, 0.05) is 12.6 Å². The molecule has 1 aromatic carbocycles. The van der Waals surface area contributed by atoms with E-state index in [4.69, 9.17) is 10.00 Å². The maximum Gasteiger partial charge on any atom is 0.136 e. The predicted molar refractivity (Wildman–Crippen MR) is 68.8 cm³/mol. The number of nitrogens with one attached hydrogen (secondary N) is 1. The van der Waals surface area contributed by atoms with Crippen molar-refractivity contribution in [2.45, 2.75) is 33.4 Å². The van der Waals surface area contributed by atoms with Crippen LogP contribution < -0.4 is 10.1 Å². The third kappa shape index (κ3) is 3.76. The van der Waals surface area contributed by atoms with E-state index < -0.39 is 0 Å². The van der Waals surface area contributed by atoms with Gasteiger partial charge in [0.25, 0.3) is 0 Å². The lowest BCUT2D eigenvalue weighted by Gasteiger charge is -2.17. The second-order valence-corrected chi connectivity index (χ2v) is 4.56. The molecule has 0 spiro atoms. The molecule has 0 bridgehead atoms. The first-order valence-electron chi connectivity index (χ1n) is 5.89. The number of nitriles is 1. The molecule has 0 saturated carbocycles. The van der Waals surface area contributed by atoms with Crippen LogP contribution in [-0.2, 0) is 6.54 Å². The molecule has 0 aliphatic rings. The maximum atomic E-state index is 8.99. The second-order valence-electron chi connectivity index (χ2n) is 4.56. The molecule has 3 heteroatoms. The predicted octanol–water partition coefficient (Wildman–Crippen LogP) is 2.70. The fraction of sp³-hybridized carbons (Fsp3) is 0.500. The highest BCUT2D eigenvalue weighted by atomic mass is 16.5. The molecule has 92 valence electrons. The van der Waals surface area contributed by atoms with Crippen molar-refractivity contribution in [2.24, 2.45) is 5.92 Å². The quantitative estimate of drug-likeness (QED) is 0.849. The zero-order chi connectivity index (χ0) is 12.8. The summed E-state index contributed by atoms with van der Waals surface area (Å²) in [5, 5.41) is 12.4. The summed E-state index contributed by atoms with van der Waals surface area (Å²) in [5.41, 5.74) is 1.69. The van der Waals surface area contributed by atoms with Gasteiger partial charge < -0.3 is 10.1 Å². The van der Waals surface area contributed by atoms with Gasteiger partial charge in [-0.05, 0) is 30.5 Å². The van der Waals surface area contributed by atoms with Crippen LogP contribution in [0.2, 0.25) is 0 Å². The van der Waals surface area contributed by atoms with Crippen molar-refractivity contribution in [3.05, 3.63) is 29.3 Å². The fourth-order valence-electron chi connectivity index (χ4n) is 1.47. The van der Waals surface area contributed by atoms with E-state index in [9.17, 15) is 0 Å². The van der Waals surface area contributed by atoms with Crippen LogP contribution in [0, 0.1) is 17.2 Å². The Hall–Kier alpha value is -1.53. The molecule has 0 radical (unpaired) electrons. The first kappa shape index (κ1) is 13.5. The van der Waals surface area contributed by atoms with Gasteiger partial charge >= 0.3 is 0 Å². The summed E-state index contributed by atoms with van der Waals surface area (Å²) in [6.45, 7) is 7.32. The van der Waals surface area contributed by atoms with Crippen molar-refractivity contribution in [2.75, 3.05) is 7.11 Å². The van der Waals surface area contributed by atoms with E-state index >= 15 is 0 Å². The van der Waals surface area contributed by atoms with E-state index in [0.29, 0.717) is 23.3 Å². The van der Waals surface area contributed by atoms with Crippen molar-refractivity contribution in [3.8, 4) is 11.8 Å². The number of methoxy groups -OCH3 is 1. The lowest BCUT2D eigenvalue weighted by atomic mass is 10.1. The molecule has 17 heavy (non-hydrogen) atoms. The van der Waals surface area contributed by atoms with Crippen LogP contribution in [0.15, 0.2) is 18.2 Å². The Labute approximate surface area is 103 Å². The molecule has 1 unspecified atom stereocenters. The van der Waals surface area contributed by atoms with Gasteiger partial charge in [-0.25, -0.2) is 0 Å². The van der Waals surface area contributed by atoms with E-state index in [1.54, 1.807) is 7.11 Å². The van der Waals surface area contributed by atoms with E-state index in [-0.39, 0.29) is 0 Å². The highest BCUT2D eigenvalue weighted by Crippen LogP contribution is 2.18. The second kappa shape index (κ2) is 6.27. The average molecular weight is 232 g/mol. The van der Waals surface area contributed by atoms with Crippen LogP contribution in [0.4, 0.5) is 0 Å². The highest BCUT2D eigenvalue weighted by Gasteiger charge is 2.07. The van der Waals surface area contributed by atoms with Crippen molar-refractivity contribution < 1.29 is 4.74 Å². The lowest BCUT2D eigenvalue weighted by molar-refractivity contribution is 0.412. The van der Waals surface area contributed by atoms with Crippen molar-refractivity contribution in [1.29, 1.82) is 5.26 Å². The fourth-order valence-corrected chi connectivity index (χ4v) is 1.47. The minimum Gasteiger partial charge on any atom is -0.495 e. The SMILES string of the molecule is COc1ccc(CNC(C)C(C)C)cc1C#N. The van der Waals surface area contributed by atoms with Gasteiger partial charge in [-0.2, -0.15) is 5.26 Å². The van der Waals surface area contributed by atoms with Crippen LogP contribution in [0.5, 0.6) is 5.75 Å². The van der Waals surface area contributed by atoms with Gasteiger partial charge in [0.1, 0.15) is 11.8 Å². The average Bonchev–Trinajstić information content (AvgIpc) is 2.35. The first-order chi connectivity index (χ1) is 8.08. The zero-order valence-electron chi connectivity index (χ0n) is 10.9. The largest absolute Gasteiger partial charge is 0.495 e. The molecule has 0 aromatic heterocycles. The van der Waals surface area contributed by atoms with Crippen LogP contribution in [-0.4, -0.2) is 13.2 Å². The third-order valence-electron chi connectivity index (χ3n) is 3.01. The maximum absolute atomic E-state index is 8.99. The molecular weight excluding hydrogens is 212 g/mol. The number of hydrogen-bond donors (Lipinski definition) is 1. The Kier molecular flexibility index (Phi) is 4.99. The molecule has 1 atom stereocenters. The Bertz CT molecular complexity index is 407. The summed E-state index contributed by atoms with van der Waals surface area (Å²) in [7, 11) is 1.58. The Balaban J connectivity index is 2.70. The van der Waals surface area contributed by atoms with Crippen LogP contribution in [0.1, 0.15) is 31.9 Å². The number of hydrogen-bond acceptors (Lipinski definition) is 3. The lowest BCUT2D eigenvalue weighted by Crippen LogP contribution is -2.30. The molecule has 1 rings (SSSR count). The van der Waals surface area contributed by atoms with E-state index in [0.717, 1.165) is 12.1 Å². The summed E-state index contributed by atoms with van der Waals surface area (Å²) in [4.78, 5) is 0.